The van der Waals surface area contributed by atoms with Crippen LogP contribution in [0.5, 0.6) is 0 Å². The Balaban J connectivity index is 1.55. The van der Waals surface area contributed by atoms with E-state index in [2.05, 4.69) is 10.5 Å². The van der Waals surface area contributed by atoms with Crippen molar-refractivity contribution in [2.24, 2.45) is 0 Å². The first-order chi connectivity index (χ1) is 15.7. The van der Waals surface area contributed by atoms with Gasteiger partial charge in [-0.25, -0.2) is 9.59 Å². The maximum atomic E-state index is 13.2. The Morgan fingerprint density at radius 3 is 2.42 bits per heavy atom. The molecule has 1 aromatic heterocycles. The molecular formula is C24H23N3O6. The van der Waals surface area contributed by atoms with Gasteiger partial charge >= 0.3 is 11.9 Å². The molecule has 2 aromatic carbocycles. The van der Waals surface area contributed by atoms with Gasteiger partial charge in [0.1, 0.15) is 5.54 Å². The predicted octanol–water partition coefficient (Wildman–Crippen LogP) is 2.62. The lowest BCUT2D eigenvalue weighted by molar-refractivity contribution is -0.142. The van der Waals surface area contributed by atoms with Gasteiger partial charge in [-0.1, -0.05) is 24.3 Å². The van der Waals surface area contributed by atoms with Gasteiger partial charge in [0.2, 0.25) is 5.91 Å². The lowest BCUT2D eigenvalue weighted by Crippen LogP contribution is -2.56. The molecule has 0 atom stereocenters. The molecule has 3 aromatic rings. The minimum atomic E-state index is -1.29. The van der Waals surface area contributed by atoms with Crippen molar-refractivity contribution in [2.75, 3.05) is 13.7 Å². The quantitative estimate of drug-likeness (QED) is 0.454. The maximum absolute atomic E-state index is 13.2. The molecule has 0 unspecified atom stereocenters. The van der Waals surface area contributed by atoms with Crippen molar-refractivity contribution in [3.63, 3.8) is 0 Å². The Morgan fingerprint density at radius 1 is 1.00 bits per heavy atom. The van der Waals surface area contributed by atoms with Crippen LogP contribution in [0.15, 0.2) is 48.5 Å². The van der Waals surface area contributed by atoms with E-state index >= 15 is 0 Å². The largest absolute Gasteiger partial charge is 0.465 e. The Hall–Kier alpha value is -3.98. The van der Waals surface area contributed by atoms with Crippen molar-refractivity contribution in [1.29, 1.82) is 0 Å². The first kappa shape index (κ1) is 22.2. The third-order valence-corrected chi connectivity index (χ3v) is 5.50. The van der Waals surface area contributed by atoms with Crippen LogP contribution >= 0.6 is 0 Å². The molecule has 0 spiro atoms. The van der Waals surface area contributed by atoms with E-state index in [4.69, 9.17) is 9.57 Å². The summed E-state index contributed by atoms with van der Waals surface area (Å²) < 4.78 is 4.84. The van der Waals surface area contributed by atoms with Crippen molar-refractivity contribution in [3.8, 4) is 0 Å². The monoisotopic (exact) mass is 449 g/mol. The van der Waals surface area contributed by atoms with Gasteiger partial charge in [-0.05, 0) is 38.1 Å². The van der Waals surface area contributed by atoms with Crippen LogP contribution in [-0.4, -0.2) is 52.7 Å². The van der Waals surface area contributed by atoms with Crippen molar-refractivity contribution in [3.05, 3.63) is 70.9 Å². The number of fused-ring (bicyclic) bond motifs is 3. The number of hydrogen-bond donors (Lipinski definition) is 2. The fourth-order valence-electron chi connectivity index (χ4n) is 3.90. The van der Waals surface area contributed by atoms with Crippen molar-refractivity contribution >= 4 is 34.5 Å². The van der Waals surface area contributed by atoms with Crippen LogP contribution in [0.25, 0.3) is 10.9 Å². The van der Waals surface area contributed by atoms with Gasteiger partial charge in [0.15, 0.2) is 5.78 Å². The van der Waals surface area contributed by atoms with E-state index in [1.165, 1.54) is 12.0 Å². The summed E-state index contributed by atoms with van der Waals surface area (Å²) in [5.74, 6) is -1.89. The zero-order valence-corrected chi connectivity index (χ0v) is 18.4. The highest BCUT2D eigenvalue weighted by Gasteiger charge is 2.38. The van der Waals surface area contributed by atoms with Gasteiger partial charge < -0.3 is 19.5 Å². The van der Waals surface area contributed by atoms with Crippen LogP contribution < -0.4 is 5.48 Å². The Morgan fingerprint density at radius 2 is 1.73 bits per heavy atom. The van der Waals surface area contributed by atoms with Crippen LogP contribution in [-0.2, 0) is 20.9 Å². The van der Waals surface area contributed by atoms with Gasteiger partial charge in [0.05, 0.1) is 36.9 Å². The summed E-state index contributed by atoms with van der Waals surface area (Å²) in [6.45, 7) is 3.08. The van der Waals surface area contributed by atoms with Crippen LogP contribution in [0.1, 0.15) is 50.6 Å². The number of carbonyl (C=O) groups is 4. The normalized spacial score (nSPS) is 13.5. The number of nitrogens with one attached hydrogen (secondary N) is 2. The number of rotatable bonds is 5. The number of nitrogens with zero attached hydrogens (tertiary/aromatic N) is 1. The molecule has 0 saturated heterocycles. The van der Waals surface area contributed by atoms with Crippen LogP contribution in [0.2, 0.25) is 0 Å². The number of aromatic nitrogens is 1. The molecule has 0 aliphatic carbocycles. The molecule has 9 nitrogen and oxygen atoms in total. The SMILES string of the molecule is COC(=O)c1cccc2[nH]c3c(c12)C(=O)CN(C(=O)C(C)(C)NOC(=O)c1ccccc1)C3. The van der Waals surface area contributed by atoms with Crippen molar-refractivity contribution < 1.29 is 28.8 Å². The second-order valence-electron chi connectivity index (χ2n) is 8.27. The van der Waals surface area contributed by atoms with Crippen LogP contribution in [0.3, 0.4) is 0 Å². The number of carbonyl (C=O) groups excluding carboxylic acids is 4. The number of benzene rings is 2. The second kappa shape index (κ2) is 8.51. The summed E-state index contributed by atoms with van der Waals surface area (Å²) in [4.78, 5) is 60.3. The van der Waals surface area contributed by atoms with Gasteiger partial charge in [-0.2, -0.15) is 0 Å². The topological polar surface area (TPSA) is 118 Å². The predicted molar refractivity (Wildman–Crippen MR) is 118 cm³/mol. The van der Waals surface area contributed by atoms with Crippen LogP contribution in [0.4, 0.5) is 0 Å². The Labute approximate surface area is 189 Å². The number of ether oxygens (including phenoxy) is 1. The summed E-state index contributed by atoms with van der Waals surface area (Å²) in [5, 5.41) is 0.491. The second-order valence-corrected chi connectivity index (χ2v) is 8.27. The van der Waals surface area contributed by atoms with Crippen molar-refractivity contribution in [1.82, 2.24) is 15.4 Å². The average Bonchev–Trinajstić information content (AvgIpc) is 3.21. The fourth-order valence-corrected chi connectivity index (χ4v) is 3.90. The molecule has 1 aliphatic heterocycles. The molecular weight excluding hydrogens is 426 g/mol. The maximum Gasteiger partial charge on any atom is 0.356 e. The fraction of sp³-hybridized carbons (Fsp3) is 0.250. The molecule has 33 heavy (non-hydrogen) atoms. The molecule has 1 aliphatic rings. The first-order valence-corrected chi connectivity index (χ1v) is 10.3. The highest BCUT2D eigenvalue weighted by Crippen LogP contribution is 2.31. The lowest BCUT2D eigenvalue weighted by Gasteiger charge is -2.33. The number of methoxy groups -OCH3 is 1. The third-order valence-electron chi connectivity index (χ3n) is 5.50. The summed E-state index contributed by atoms with van der Waals surface area (Å²) in [7, 11) is 1.28. The summed E-state index contributed by atoms with van der Waals surface area (Å²) in [5.41, 5.74) is 3.39. The number of amides is 1. The molecule has 0 radical (unpaired) electrons. The standard InChI is InChI=1S/C24H23N3O6/c1-24(2,26-33-21(29)14-8-5-4-6-9-14)23(31)27-12-17-20(18(28)13-27)19-15(22(30)32-3)10-7-11-16(19)25-17/h4-11,25-26H,12-13H2,1-3H3. The van der Waals surface area contributed by atoms with E-state index in [0.29, 0.717) is 27.7 Å². The zero-order valence-electron chi connectivity index (χ0n) is 18.4. The lowest BCUT2D eigenvalue weighted by atomic mass is 9.96. The average molecular weight is 449 g/mol. The van der Waals surface area contributed by atoms with Gasteiger partial charge in [0, 0.05) is 16.6 Å². The number of Topliss-reactive ketones (excluding diaryl/α,β-unsaturated/α-hetero) is 1. The minimum Gasteiger partial charge on any atom is -0.465 e. The molecule has 170 valence electrons. The van der Waals surface area contributed by atoms with Gasteiger partial charge in [0.25, 0.3) is 0 Å². The number of hydrogen-bond acceptors (Lipinski definition) is 7. The van der Waals surface area contributed by atoms with Gasteiger partial charge in [-0.3, -0.25) is 9.59 Å². The Bertz CT molecular complexity index is 1260. The van der Waals surface area contributed by atoms with E-state index in [1.54, 1.807) is 62.4 Å². The number of ketones is 1. The molecule has 0 fully saturated rings. The molecule has 2 N–H and O–H groups in total. The summed E-state index contributed by atoms with van der Waals surface area (Å²) in [6, 6.07) is 13.4. The first-order valence-electron chi connectivity index (χ1n) is 10.3. The van der Waals surface area contributed by atoms with E-state index < -0.39 is 23.4 Å². The van der Waals surface area contributed by atoms with Crippen LogP contribution in [0, 0.1) is 0 Å². The number of H-pyrrole nitrogens is 1. The number of hydroxylamine groups is 1. The summed E-state index contributed by atoms with van der Waals surface area (Å²) >= 11 is 0. The van der Waals surface area contributed by atoms with E-state index in [0.717, 1.165) is 0 Å². The summed E-state index contributed by atoms with van der Waals surface area (Å²) in [6.07, 6.45) is 0. The molecule has 9 heteroatoms. The van der Waals surface area contributed by atoms with E-state index in [9.17, 15) is 19.2 Å². The van der Waals surface area contributed by atoms with Crippen molar-refractivity contribution in [2.45, 2.75) is 25.9 Å². The number of esters is 1. The molecule has 0 bridgehead atoms. The number of aromatic amines is 1. The smallest absolute Gasteiger partial charge is 0.356 e. The van der Waals surface area contributed by atoms with Gasteiger partial charge in [-0.15, -0.1) is 5.48 Å². The highest BCUT2D eigenvalue weighted by molar-refractivity contribution is 6.17. The molecule has 2 heterocycles. The zero-order chi connectivity index (χ0) is 23.8. The molecule has 0 saturated carbocycles. The molecule has 1 amide bonds. The highest BCUT2D eigenvalue weighted by atomic mass is 16.7. The minimum absolute atomic E-state index is 0.132. The van der Waals surface area contributed by atoms with E-state index in [-0.39, 0.29) is 24.4 Å². The van der Waals surface area contributed by atoms with E-state index in [1.807, 2.05) is 0 Å². The Kier molecular flexibility index (Phi) is 5.73. The molecule has 4 rings (SSSR count). The third kappa shape index (κ3) is 4.10.